The van der Waals surface area contributed by atoms with Gasteiger partial charge in [-0.1, -0.05) is 0 Å². The van der Waals surface area contributed by atoms with E-state index in [9.17, 15) is 18.4 Å². The molecule has 0 aromatic heterocycles. The molecule has 10 heteroatoms. The van der Waals surface area contributed by atoms with E-state index in [0.717, 1.165) is 17.0 Å². The van der Waals surface area contributed by atoms with Crippen LogP contribution in [0.25, 0.3) is 0 Å². The van der Waals surface area contributed by atoms with Crippen molar-refractivity contribution in [3.05, 3.63) is 35.4 Å². The third-order valence-electron chi connectivity index (χ3n) is 3.74. The zero-order chi connectivity index (χ0) is 18.0. The maximum absolute atomic E-state index is 14.4. The summed E-state index contributed by atoms with van der Waals surface area (Å²) in [6.45, 7) is 0.373. The van der Waals surface area contributed by atoms with Crippen LogP contribution in [0.2, 0.25) is 0 Å². The Morgan fingerprint density at radius 1 is 1.40 bits per heavy atom. The minimum Gasteiger partial charge on any atom is -0.465 e. The first-order chi connectivity index (χ1) is 12.0. The van der Waals surface area contributed by atoms with Crippen LogP contribution in [0.3, 0.4) is 0 Å². The SMILES string of the molecule is O=C(O)NC[C@H]1CN(c2cc(F)c(N3C=CSCC3)c(F)c2)C(=O)O1. The molecule has 1 aromatic rings. The van der Waals surface area contributed by atoms with E-state index in [1.165, 1.54) is 4.90 Å². The predicted molar refractivity (Wildman–Crippen MR) is 88.9 cm³/mol. The molecule has 1 fully saturated rings. The molecule has 2 amide bonds. The van der Waals surface area contributed by atoms with Gasteiger partial charge >= 0.3 is 12.2 Å². The van der Waals surface area contributed by atoms with Crippen molar-refractivity contribution in [3.8, 4) is 0 Å². The number of hydrogen-bond acceptors (Lipinski definition) is 5. The van der Waals surface area contributed by atoms with Crippen LogP contribution in [0.15, 0.2) is 23.7 Å². The lowest BCUT2D eigenvalue weighted by Gasteiger charge is -2.25. The number of anilines is 2. The van der Waals surface area contributed by atoms with Gasteiger partial charge in [0.2, 0.25) is 0 Å². The summed E-state index contributed by atoms with van der Waals surface area (Å²) in [7, 11) is 0. The number of ether oxygens (including phenoxy) is 1. The van der Waals surface area contributed by atoms with Gasteiger partial charge in [-0.05, 0) is 5.41 Å². The number of rotatable bonds is 4. The normalized spacial score (nSPS) is 19.9. The molecule has 1 aromatic carbocycles. The molecule has 2 aliphatic heterocycles. The van der Waals surface area contributed by atoms with E-state index in [-0.39, 0.29) is 24.5 Å². The fraction of sp³-hybridized carbons (Fsp3) is 0.333. The Bertz CT molecular complexity index is 708. The standard InChI is InChI=1S/C15H15F2N3O4S/c16-11-5-9(6-12(17)13(11)19-1-3-25-4-2-19)20-8-10(24-15(20)23)7-18-14(21)22/h1,3,5-6,10,18H,2,4,7-8H2,(H,21,22)/t10-/m0/s1. The number of nitrogens with one attached hydrogen (secondary N) is 1. The second-order valence-electron chi connectivity index (χ2n) is 5.41. The quantitative estimate of drug-likeness (QED) is 0.847. The lowest BCUT2D eigenvalue weighted by atomic mass is 10.2. The smallest absolute Gasteiger partial charge is 0.414 e. The number of carboxylic acid groups (broad SMARTS) is 1. The van der Waals surface area contributed by atoms with Crippen molar-refractivity contribution in [1.29, 1.82) is 0 Å². The molecule has 1 saturated heterocycles. The molecule has 7 nitrogen and oxygen atoms in total. The van der Waals surface area contributed by atoms with Gasteiger partial charge < -0.3 is 20.1 Å². The molecule has 0 radical (unpaired) electrons. The van der Waals surface area contributed by atoms with Crippen molar-refractivity contribution < 1.29 is 28.2 Å². The number of halogens is 2. The van der Waals surface area contributed by atoms with Gasteiger partial charge in [0.15, 0.2) is 11.6 Å². The first kappa shape index (κ1) is 17.3. The highest BCUT2D eigenvalue weighted by Crippen LogP contribution is 2.32. The van der Waals surface area contributed by atoms with Crippen molar-refractivity contribution >= 4 is 35.3 Å². The number of carbonyl (C=O) groups excluding carboxylic acids is 1. The monoisotopic (exact) mass is 371 g/mol. The third kappa shape index (κ3) is 3.78. The first-order valence-corrected chi connectivity index (χ1v) is 8.49. The zero-order valence-electron chi connectivity index (χ0n) is 12.9. The molecular formula is C15H15F2N3O4S. The molecule has 2 N–H and O–H groups in total. The molecule has 25 heavy (non-hydrogen) atoms. The molecule has 0 saturated carbocycles. The number of thioether (sulfide) groups is 1. The minimum absolute atomic E-state index is 0.00238. The molecule has 134 valence electrons. The van der Waals surface area contributed by atoms with Crippen LogP contribution < -0.4 is 15.1 Å². The summed E-state index contributed by atoms with van der Waals surface area (Å²) in [5.74, 6) is -0.855. The Balaban J connectivity index is 1.79. The molecular weight excluding hydrogens is 356 g/mol. The molecule has 3 rings (SSSR count). The fourth-order valence-electron chi connectivity index (χ4n) is 2.62. The van der Waals surface area contributed by atoms with Crippen LogP contribution >= 0.6 is 11.8 Å². The van der Waals surface area contributed by atoms with Crippen molar-refractivity contribution in [3.63, 3.8) is 0 Å². The number of nitrogens with zero attached hydrogens (tertiary/aromatic N) is 2. The average molecular weight is 371 g/mol. The molecule has 2 aliphatic rings. The summed E-state index contributed by atoms with van der Waals surface area (Å²) in [5.41, 5.74) is -0.145. The minimum atomic E-state index is -1.25. The summed E-state index contributed by atoms with van der Waals surface area (Å²) in [6, 6.07) is 2.14. The number of carbonyl (C=O) groups is 2. The maximum atomic E-state index is 14.4. The van der Waals surface area contributed by atoms with E-state index in [0.29, 0.717) is 12.3 Å². The van der Waals surface area contributed by atoms with Crippen molar-refractivity contribution in [2.24, 2.45) is 0 Å². The van der Waals surface area contributed by atoms with E-state index >= 15 is 0 Å². The topological polar surface area (TPSA) is 82.1 Å². The first-order valence-electron chi connectivity index (χ1n) is 7.44. The predicted octanol–water partition coefficient (Wildman–Crippen LogP) is 2.58. The van der Waals surface area contributed by atoms with Gasteiger partial charge in [-0.2, -0.15) is 0 Å². The highest BCUT2D eigenvalue weighted by Gasteiger charge is 2.33. The average Bonchev–Trinajstić information content (AvgIpc) is 2.94. The van der Waals surface area contributed by atoms with Crippen LogP contribution in [0, 0.1) is 11.6 Å². The molecule has 0 spiro atoms. The lowest BCUT2D eigenvalue weighted by Crippen LogP contribution is -2.33. The summed E-state index contributed by atoms with van der Waals surface area (Å²) in [6.07, 6.45) is -1.15. The Morgan fingerprint density at radius 2 is 2.12 bits per heavy atom. The van der Waals surface area contributed by atoms with Crippen LogP contribution in [-0.2, 0) is 4.74 Å². The van der Waals surface area contributed by atoms with Gasteiger partial charge in [-0.15, -0.1) is 11.8 Å². The second-order valence-corrected chi connectivity index (χ2v) is 6.42. The highest BCUT2D eigenvalue weighted by atomic mass is 32.2. The number of cyclic esters (lactones) is 1. The van der Waals surface area contributed by atoms with Crippen LogP contribution in [0.5, 0.6) is 0 Å². The summed E-state index contributed by atoms with van der Waals surface area (Å²) in [5, 5.41) is 12.4. The van der Waals surface area contributed by atoms with Crippen molar-refractivity contribution in [2.75, 3.05) is 35.2 Å². The fourth-order valence-corrected chi connectivity index (χ4v) is 3.29. The highest BCUT2D eigenvalue weighted by molar-refractivity contribution is 8.02. The number of hydrogen-bond donors (Lipinski definition) is 2. The molecule has 0 unspecified atom stereocenters. The summed E-state index contributed by atoms with van der Waals surface area (Å²) >= 11 is 1.55. The Morgan fingerprint density at radius 3 is 2.72 bits per heavy atom. The Labute approximate surface area is 146 Å². The van der Waals surface area contributed by atoms with Crippen LogP contribution in [0.1, 0.15) is 0 Å². The molecule has 1 atom stereocenters. The largest absolute Gasteiger partial charge is 0.465 e. The van der Waals surface area contributed by atoms with E-state index in [4.69, 9.17) is 9.84 Å². The second kappa shape index (κ2) is 7.18. The van der Waals surface area contributed by atoms with E-state index < -0.39 is 29.9 Å². The van der Waals surface area contributed by atoms with Crippen molar-refractivity contribution in [1.82, 2.24) is 5.32 Å². The van der Waals surface area contributed by atoms with Gasteiger partial charge in [-0.3, -0.25) is 4.90 Å². The van der Waals surface area contributed by atoms with Gasteiger partial charge in [0, 0.05) is 30.6 Å². The van der Waals surface area contributed by atoms with Gasteiger partial charge in [0.1, 0.15) is 11.8 Å². The third-order valence-corrected chi connectivity index (χ3v) is 4.48. The number of benzene rings is 1. The van der Waals surface area contributed by atoms with Gasteiger partial charge in [0.05, 0.1) is 18.8 Å². The summed E-state index contributed by atoms with van der Waals surface area (Å²) in [4.78, 5) is 24.9. The van der Waals surface area contributed by atoms with E-state index in [2.05, 4.69) is 5.32 Å². The Kier molecular flexibility index (Phi) is 4.98. The van der Waals surface area contributed by atoms with Gasteiger partial charge in [0.25, 0.3) is 0 Å². The Hall–Kier alpha value is -2.49. The van der Waals surface area contributed by atoms with Crippen LogP contribution in [-0.4, -0.2) is 48.8 Å². The molecule has 0 bridgehead atoms. The van der Waals surface area contributed by atoms with Crippen molar-refractivity contribution in [2.45, 2.75) is 6.10 Å². The van der Waals surface area contributed by atoms with E-state index in [1.54, 1.807) is 23.4 Å². The molecule has 2 heterocycles. The van der Waals surface area contributed by atoms with E-state index in [1.807, 2.05) is 0 Å². The zero-order valence-corrected chi connectivity index (χ0v) is 13.8. The number of amides is 2. The maximum Gasteiger partial charge on any atom is 0.414 e. The van der Waals surface area contributed by atoms with Crippen LogP contribution in [0.4, 0.5) is 29.7 Å². The van der Waals surface area contributed by atoms with Gasteiger partial charge in [-0.25, -0.2) is 18.4 Å². The summed E-state index contributed by atoms with van der Waals surface area (Å²) < 4.78 is 33.9. The lowest BCUT2D eigenvalue weighted by molar-refractivity contribution is 0.136. The molecule has 0 aliphatic carbocycles.